The summed E-state index contributed by atoms with van der Waals surface area (Å²) < 4.78 is 0. The van der Waals surface area contributed by atoms with E-state index in [9.17, 15) is 14.7 Å². The van der Waals surface area contributed by atoms with Crippen molar-refractivity contribution in [2.75, 3.05) is 6.54 Å². The second-order valence-corrected chi connectivity index (χ2v) is 4.37. The summed E-state index contributed by atoms with van der Waals surface area (Å²) in [7, 11) is 0. The maximum absolute atomic E-state index is 11.6. The molecular formula is C12H15NO3. The first-order valence-electron chi connectivity index (χ1n) is 5.46. The van der Waals surface area contributed by atoms with Crippen molar-refractivity contribution in [2.45, 2.75) is 13.8 Å². The van der Waals surface area contributed by atoms with E-state index in [0.29, 0.717) is 12.1 Å². The number of carboxylic acids is 1. The Labute approximate surface area is 94.0 Å². The number of rotatable bonds is 3. The minimum Gasteiger partial charge on any atom is -0.481 e. The van der Waals surface area contributed by atoms with Gasteiger partial charge in [-0.2, -0.15) is 0 Å². The molecule has 0 aromatic heterocycles. The van der Waals surface area contributed by atoms with Gasteiger partial charge in [0, 0.05) is 18.0 Å². The summed E-state index contributed by atoms with van der Waals surface area (Å²) in [6, 6.07) is 0. The van der Waals surface area contributed by atoms with Crippen LogP contribution in [-0.2, 0) is 9.59 Å². The van der Waals surface area contributed by atoms with Gasteiger partial charge in [-0.3, -0.25) is 9.59 Å². The van der Waals surface area contributed by atoms with Gasteiger partial charge in [-0.05, 0) is 12.8 Å². The first-order chi connectivity index (χ1) is 7.54. The van der Waals surface area contributed by atoms with E-state index in [-0.39, 0.29) is 17.7 Å². The molecule has 1 saturated carbocycles. The third-order valence-corrected chi connectivity index (χ3v) is 3.58. The van der Waals surface area contributed by atoms with Crippen molar-refractivity contribution in [2.24, 2.45) is 17.3 Å². The third-order valence-electron chi connectivity index (χ3n) is 3.58. The molecule has 0 spiro atoms. The van der Waals surface area contributed by atoms with Gasteiger partial charge in [0.25, 0.3) is 5.91 Å². The first-order valence-corrected chi connectivity index (χ1v) is 5.46. The van der Waals surface area contributed by atoms with E-state index >= 15 is 0 Å². The lowest BCUT2D eigenvalue weighted by Gasteiger charge is -2.12. The van der Waals surface area contributed by atoms with Crippen molar-refractivity contribution in [3.8, 4) is 0 Å². The Morgan fingerprint density at radius 3 is 2.81 bits per heavy atom. The van der Waals surface area contributed by atoms with Crippen molar-refractivity contribution in [3.63, 3.8) is 0 Å². The average Bonchev–Trinajstić information content (AvgIpc) is 2.86. The molecule has 0 aliphatic heterocycles. The van der Waals surface area contributed by atoms with Gasteiger partial charge in [-0.1, -0.05) is 25.2 Å². The predicted molar refractivity (Wildman–Crippen MR) is 58.6 cm³/mol. The van der Waals surface area contributed by atoms with Gasteiger partial charge in [0.2, 0.25) is 0 Å². The quantitative estimate of drug-likeness (QED) is 0.745. The molecule has 0 aromatic rings. The van der Waals surface area contributed by atoms with Gasteiger partial charge >= 0.3 is 5.97 Å². The van der Waals surface area contributed by atoms with E-state index < -0.39 is 11.4 Å². The number of fused-ring (bicyclic) bond motifs is 1. The van der Waals surface area contributed by atoms with Crippen molar-refractivity contribution < 1.29 is 14.7 Å². The van der Waals surface area contributed by atoms with Crippen LogP contribution < -0.4 is 5.32 Å². The Hall–Kier alpha value is -1.58. The highest BCUT2D eigenvalue weighted by Gasteiger charge is 2.66. The fourth-order valence-corrected chi connectivity index (χ4v) is 2.49. The van der Waals surface area contributed by atoms with Crippen molar-refractivity contribution in [1.82, 2.24) is 5.32 Å². The molecule has 4 nitrogen and oxygen atoms in total. The number of aliphatic carboxylic acids is 1. The summed E-state index contributed by atoms with van der Waals surface area (Å²) in [5.74, 6) is -0.913. The molecule has 0 saturated heterocycles. The highest BCUT2D eigenvalue weighted by molar-refractivity contribution is 5.99. The summed E-state index contributed by atoms with van der Waals surface area (Å²) in [5.41, 5.74) is -0.375. The van der Waals surface area contributed by atoms with Crippen LogP contribution in [0.25, 0.3) is 0 Å². The van der Waals surface area contributed by atoms with E-state index in [1.54, 1.807) is 12.2 Å². The SMILES string of the molecule is CCNC(=O)C1=CC2(C(=O)O)C(C)C2C=C1. The number of carboxylic acid groups (broad SMARTS) is 1. The van der Waals surface area contributed by atoms with Crippen molar-refractivity contribution in [3.05, 3.63) is 23.8 Å². The van der Waals surface area contributed by atoms with E-state index in [0.717, 1.165) is 0 Å². The van der Waals surface area contributed by atoms with Gasteiger partial charge in [0.1, 0.15) is 0 Å². The Morgan fingerprint density at radius 1 is 1.56 bits per heavy atom. The minimum absolute atomic E-state index is 0.0446. The average molecular weight is 221 g/mol. The maximum Gasteiger partial charge on any atom is 0.314 e. The molecule has 86 valence electrons. The Balaban J connectivity index is 2.27. The molecule has 2 aliphatic rings. The molecule has 16 heavy (non-hydrogen) atoms. The molecule has 2 N–H and O–H groups in total. The van der Waals surface area contributed by atoms with E-state index in [2.05, 4.69) is 5.32 Å². The zero-order valence-corrected chi connectivity index (χ0v) is 9.36. The van der Waals surface area contributed by atoms with Crippen molar-refractivity contribution in [1.29, 1.82) is 0 Å². The largest absolute Gasteiger partial charge is 0.481 e. The molecule has 0 radical (unpaired) electrons. The molecule has 0 bridgehead atoms. The number of amides is 1. The van der Waals surface area contributed by atoms with Gasteiger partial charge in [0.15, 0.2) is 0 Å². The second kappa shape index (κ2) is 3.47. The summed E-state index contributed by atoms with van der Waals surface area (Å²) >= 11 is 0. The van der Waals surface area contributed by atoms with E-state index in [1.807, 2.05) is 19.9 Å². The fourth-order valence-electron chi connectivity index (χ4n) is 2.49. The number of allylic oxidation sites excluding steroid dienone is 1. The number of hydrogen-bond donors (Lipinski definition) is 2. The second-order valence-electron chi connectivity index (χ2n) is 4.37. The van der Waals surface area contributed by atoms with Crippen LogP contribution in [0.5, 0.6) is 0 Å². The smallest absolute Gasteiger partial charge is 0.314 e. The van der Waals surface area contributed by atoms with Crippen LogP contribution in [0.2, 0.25) is 0 Å². The topological polar surface area (TPSA) is 66.4 Å². The molecule has 2 rings (SSSR count). The lowest BCUT2D eigenvalue weighted by molar-refractivity contribution is -0.142. The number of nitrogens with one attached hydrogen (secondary N) is 1. The van der Waals surface area contributed by atoms with Gasteiger partial charge < -0.3 is 10.4 Å². The predicted octanol–water partition coefficient (Wildman–Crippen LogP) is 0.956. The molecule has 4 heteroatoms. The molecular weight excluding hydrogens is 206 g/mol. The Bertz CT molecular complexity index is 410. The maximum atomic E-state index is 11.6. The highest BCUT2D eigenvalue weighted by atomic mass is 16.4. The van der Waals surface area contributed by atoms with Crippen LogP contribution >= 0.6 is 0 Å². The van der Waals surface area contributed by atoms with Crippen LogP contribution in [-0.4, -0.2) is 23.5 Å². The van der Waals surface area contributed by atoms with Gasteiger partial charge in [0.05, 0.1) is 5.41 Å². The van der Waals surface area contributed by atoms with Gasteiger partial charge in [-0.15, -0.1) is 0 Å². The molecule has 1 fully saturated rings. The third kappa shape index (κ3) is 1.29. The molecule has 0 aromatic carbocycles. The van der Waals surface area contributed by atoms with Crippen LogP contribution in [0.4, 0.5) is 0 Å². The molecule has 2 aliphatic carbocycles. The summed E-state index contributed by atoms with van der Waals surface area (Å²) in [5, 5.41) is 11.9. The summed E-state index contributed by atoms with van der Waals surface area (Å²) in [6.07, 6.45) is 5.17. The molecule has 3 atom stereocenters. The van der Waals surface area contributed by atoms with Crippen LogP contribution in [0, 0.1) is 17.3 Å². The zero-order valence-electron chi connectivity index (χ0n) is 9.36. The van der Waals surface area contributed by atoms with Gasteiger partial charge in [-0.25, -0.2) is 0 Å². The Kier molecular flexibility index (Phi) is 2.37. The number of likely N-dealkylation sites (N-methyl/N-ethyl adjacent to an activating group) is 1. The number of carbonyl (C=O) groups is 2. The molecule has 1 amide bonds. The first kappa shape index (κ1) is 10.9. The summed E-state index contributed by atoms with van der Waals surface area (Å²) in [4.78, 5) is 22.9. The van der Waals surface area contributed by atoms with E-state index in [4.69, 9.17) is 0 Å². The van der Waals surface area contributed by atoms with E-state index in [1.165, 1.54) is 0 Å². The van der Waals surface area contributed by atoms with Crippen LogP contribution in [0.15, 0.2) is 23.8 Å². The molecule has 0 heterocycles. The highest BCUT2D eigenvalue weighted by Crippen LogP contribution is 2.62. The lowest BCUT2D eigenvalue weighted by Crippen LogP contribution is -2.27. The minimum atomic E-state index is -0.838. The van der Waals surface area contributed by atoms with Crippen LogP contribution in [0.1, 0.15) is 13.8 Å². The normalized spacial score (nSPS) is 35.0. The number of hydrogen-bond acceptors (Lipinski definition) is 2. The van der Waals surface area contributed by atoms with Crippen molar-refractivity contribution >= 4 is 11.9 Å². The fraction of sp³-hybridized carbons (Fsp3) is 0.500. The monoisotopic (exact) mass is 221 g/mol. The number of carbonyl (C=O) groups excluding carboxylic acids is 1. The summed E-state index contributed by atoms with van der Waals surface area (Å²) in [6.45, 7) is 4.28. The molecule has 3 unspecified atom stereocenters. The Morgan fingerprint density at radius 2 is 2.25 bits per heavy atom. The lowest BCUT2D eigenvalue weighted by atomic mass is 9.94. The van der Waals surface area contributed by atoms with Crippen LogP contribution in [0.3, 0.4) is 0 Å². The standard InChI is InChI=1S/C12H15NO3/c1-3-13-10(14)8-4-5-9-7(2)12(9,6-8)11(15)16/h4-7,9H,3H2,1-2H3,(H,13,14)(H,15,16). The zero-order chi connectivity index (χ0) is 11.9.